The molecule has 0 amide bonds. The number of hydrogen-bond acceptors (Lipinski definition) is 4. The van der Waals surface area contributed by atoms with Gasteiger partial charge in [0.2, 0.25) is 0 Å². The molecule has 1 aromatic heterocycles. The Morgan fingerprint density at radius 2 is 2.16 bits per heavy atom. The Morgan fingerprint density at radius 1 is 1.32 bits per heavy atom. The van der Waals surface area contributed by atoms with Gasteiger partial charge in [-0.15, -0.1) is 0 Å². The summed E-state index contributed by atoms with van der Waals surface area (Å²) in [6.07, 6.45) is 2.12. The molecule has 0 atom stereocenters. The van der Waals surface area contributed by atoms with Crippen LogP contribution in [0.3, 0.4) is 0 Å². The highest BCUT2D eigenvalue weighted by molar-refractivity contribution is 5.37. The van der Waals surface area contributed by atoms with Crippen molar-refractivity contribution in [3.05, 3.63) is 47.7 Å². The Morgan fingerprint density at radius 3 is 2.95 bits per heavy atom. The molecule has 1 aromatic carbocycles. The van der Waals surface area contributed by atoms with Crippen molar-refractivity contribution in [2.75, 3.05) is 19.0 Å². The molecule has 2 aromatic rings. The molecule has 0 fully saturated rings. The molecule has 0 aliphatic heterocycles. The molecule has 0 aliphatic carbocycles. The van der Waals surface area contributed by atoms with E-state index >= 15 is 0 Å². The second-order valence-electron chi connectivity index (χ2n) is 4.15. The zero-order valence-corrected chi connectivity index (χ0v) is 11.0. The predicted octanol–water partition coefficient (Wildman–Crippen LogP) is 2.59. The van der Waals surface area contributed by atoms with Gasteiger partial charge in [0.05, 0.1) is 12.8 Å². The number of ether oxygens (including phenoxy) is 1. The van der Waals surface area contributed by atoms with Gasteiger partial charge < -0.3 is 10.1 Å². The third kappa shape index (κ3) is 3.40. The van der Waals surface area contributed by atoms with Crippen LogP contribution in [0.15, 0.2) is 30.6 Å². The van der Waals surface area contributed by atoms with Crippen molar-refractivity contribution in [1.82, 2.24) is 9.97 Å². The summed E-state index contributed by atoms with van der Waals surface area (Å²) in [6.45, 7) is 2.21. The molecular formula is C14H16FN3O. The number of hydrogen-bond donors (Lipinski definition) is 1. The molecule has 0 saturated heterocycles. The smallest absolute Gasteiger partial charge is 0.186 e. The maximum Gasteiger partial charge on any atom is 0.186 e. The van der Waals surface area contributed by atoms with Gasteiger partial charge in [-0.05, 0) is 31.0 Å². The zero-order valence-electron chi connectivity index (χ0n) is 11.0. The first-order chi connectivity index (χ1) is 9.20. The molecule has 0 radical (unpaired) electrons. The molecule has 0 spiro atoms. The lowest BCUT2D eigenvalue weighted by molar-refractivity contribution is 0.414. The van der Waals surface area contributed by atoms with Crippen molar-refractivity contribution in [2.45, 2.75) is 13.3 Å². The fraction of sp³-hybridized carbons (Fsp3) is 0.286. The van der Waals surface area contributed by atoms with E-state index in [0.717, 1.165) is 17.7 Å². The van der Waals surface area contributed by atoms with Gasteiger partial charge in [-0.3, -0.25) is 0 Å². The number of halogens is 1. The number of rotatable bonds is 5. The van der Waals surface area contributed by atoms with Crippen LogP contribution in [-0.4, -0.2) is 23.6 Å². The Bertz CT molecular complexity index is 560. The first-order valence-corrected chi connectivity index (χ1v) is 6.04. The van der Waals surface area contributed by atoms with Crippen LogP contribution in [-0.2, 0) is 6.42 Å². The Labute approximate surface area is 111 Å². The van der Waals surface area contributed by atoms with E-state index in [1.54, 1.807) is 14.0 Å². The predicted molar refractivity (Wildman–Crippen MR) is 71.9 cm³/mol. The summed E-state index contributed by atoms with van der Waals surface area (Å²) in [5.74, 6) is 0.671. The molecular weight excluding hydrogens is 245 g/mol. The third-order valence-electron chi connectivity index (χ3n) is 2.80. The largest absolute Gasteiger partial charge is 0.497 e. The molecule has 1 N–H and O–H groups in total. The minimum atomic E-state index is -0.395. The number of nitrogens with zero attached hydrogens (tertiary/aromatic N) is 2. The van der Waals surface area contributed by atoms with E-state index in [-0.39, 0.29) is 5.82 Å². The normalized spacial score (nSPS) is 10.3. The summed E-state index contributed by atoms with van der Waals surface area (Å²) in [7, 11) is 1.64. The molecule has 0 aliphatic rings. The maximum atomic E-state index is 13.6. The average molecular weight is 261 g/mol. The van der Waals surface area contributed by atoms with Crippen LogP contribution < -0.4 is 10.1 Å². The Kier molecular flexibility index (Phi) is 4.28. The molecule has 0 saturated carbocycles. The quantitative estimate of drug-likeness (QED) is 0.898. The second kappa shape index (κ2) is 6.13. The van der Waals surface area contributed by atoms with Crippen molar-refractivity contribution in [2.24, 2.45) is 0 Å². The van der Waals surface area contributed by atoms with Gasteiger partial charge in [0.1, 0.15) is 12.1 Å². The maximum absolute atomic E-state index is 13.6. The summed E-state index contributed by atoms with van der Waals surface area (Å²) in [4.78, 5) is 7.67. The van der Waals surface area contributed by atoms with E-state index < -0.39 is 5.82 Å². The minimum Gasteiger partial charge on any atom is -0.497 e. The van der Waals surface area contributed by atoms with E-state index in [9.17, 15) is 4.39 Å². The molecule has 5 heteroatoms. The van der Waals surface area contributed by atoms with E-state index in [2.05, 4.69) is 15.3 Å². The lowest BCUT2D eigenvalue weighted by Gasteiger charge is -2.08. The highest BCUT2D eigenvalue weighted by atomic mass is 19.1. The van der Waals surface area contributed by atoms with Crippen LogP contribution in [0.5, 0.6) is 5.75 Å². The van der Waals surface area contributed by atoms with Crippen molar-refractivity contribution in [3.8, 4) is 5.75 Å². The van der Waals surface area contributed by atoms with Crippen molar-refractivity contribution in [3.63, 3.8) is 0 Å². The van der Waals surface area contributed by atoms with Crippen LogP contribution in [0, 0.1) is 12.7 Å². The Hall–Kier alpha value is -2.17. The van der Waals surface area contributed by atoms with Crippen LogP contribution in [0.2, 0.25) is 0 Å². The highest BCUT2D eigenvalue weighted by Crippen LogP contribution is 2.14. The van der Waals surface area contributed by atoms with E-state index in [1.807, 2.05) is 24.3 Å². The standard InChI is InChI=1S/C14H16FN3O/c1-10-13(15)14(18-9-17-10)16-7-6-11-4-3-5-12(8-11)19-2/h3-5,8-9H,6-7H2,1-2H3,(H,16,17,18). The van der Waals surface area contributed by atoms with Crippen LogP contribution in [0.1, 0.15) is 11.3 Å². The van der Waals surface area contributed by atoms with Crippen molar-refractivity contribution < 1.29 is 9.13 Å². The zero-order chi connectivity index (χ0) is 13.7. The number of anilines is 1. The average Bonchev–Trinajstić information content (AvgIpc) is 2.44. The number of aryl methyl sites for hydroxylation is 1. The highest BCUT2D eigenvalue weighted by Gasteiger charge is 2.06. The van der Waals surface area contributed by atoms with E-state index in [4.69, 9.17) is 4.74 Å². The fourth-order valence-corrected chi connectivity index (χ4v) is 1.73. The number of methoxy groups -OCH3 is 1. The van der Waals surface area contributed by atoms with Crippen molar-refractivity contribution >= 4 is 5.82 Å². The van der Waals surface area contributed by atoms with E-state index in [0.29, 0.717) is 12.2 Å². The molecule has 19 heavy (non-hydrogen) atoms. The molecule has 2 rings (SSSR count). The summed E-state index contributed by atoms with van der Waals surface area (Å²) in [6, 6.07) is 7.79. The molecule has 4 nitrogen and oxygen atoms in total. The molecule has 1 heterocycles. The van der Waals surface area contributed by atoms with Crippen LogP contribution in [0.4, 0.5) is 10.2 Å². The van der Waals surface area contributed by atoms with Crippen LogP contribution in [0.25, 0.3) is 0 Å². The minimum absolute atomic E-state index is 0.246. The monoisotopic (exact) mass is 261 g/mol. The van der Waals surface area contributed by atoms with Crippen LogP contribution >= 0.6 is 0 Å². The van der Waals surface area contributed by atoms with Gasteiger partial charge >= 0.3 is 0 Å². The van der Waals surface area contributed by atoms with Crippen molar-refractivity contribution in [1.29, 1.82) is 0 Å². The van der Waals surface area contributed by atoms with Gasteiger partial charge in [-0.2, -0.15) is 0 Å². The van der Waals surface area contributed by atoms with Gasteiger partial charge in [-0.1, -0.05) is 12.1 Å². The van der Waals surface area contributed by atoms with Gasteiger partial charge in [0.15, 0.2) is 11.6 Å². The molecule has 0 bridgehead atoms. The SMILES string of the molecule is COc1cccc(CCNc2ncnc(C)c2F)c1. The second-order valence-corrected chi connectivity index (χ2v) is 4.15. The van der Waals surface area contributed by atoms with Gasteiger partial charge in [-0.25, -0.2) is 14.4 Å². The van der Waals surface area contributed by atoms with E-state index in [1.165, 1.54) is 6.33 Å². The van der Waals surface area contributed by atoms with Gasteiger partial charge in [0, 0.05) is 6.54 Å². The lowest BCUT2D eigenvalue weighted by Crippen LogP contribution is -2.09. The lowest BCUT2D eigenvalue weighted by atomic mass is 10.1. The van der Waals surface area contributed by atoms with Gasteiger partial charge in [0.25, 0.3) is 0 Å². The topological polar surface area (TPSA) is 47.0 Å². The molecule has 100 valence electrons. The third-order valence-corrected chi connectivity index (χ3v) is 2.80. The summed E-state index contributed by atoms with van der Waals surface area (Å²) < 4.78 is 18.8. The first-order valence-electron chi connectivity index (χ1n) is 6.04. The summed E-state index contributed by atoms with van der Waals surface area (Å²) in [5, 5.41) is 2.97. The number of benzene rings is 1. The Balaban J connectivity index is 1.94. The molecule has 0 unspecified atom stereocenters. The summed E-state index contributed by atoms with van der Waals surface area (Å²) >= 11 is 0. The fourth-order valence-electron chi connectivity index (χ4n) is 1.73. The first kappa shape index (κ1) is 13.3. The number of aromatic nitrogens is 2. The summed E-state index contributed by atoms with van der Waals surface area (Å²) in [5.41, 5.74) is 1.47. The number of nitrogens with one attached hydrogen (secondary N) is 1.